The number of aromatic nitrogens is 1. The second-order valence-electron chi connectivity index (χ2n) is 5.45. The molecule has 0 atom stereocenters. The molecule has 0 radical (unpaired) electrons. The fraction of sp³-hybridized carbons (Fsp3) is 0.0588. The minimum atomic E-state index is -0.887. The van der Waals surface area contributed by atoms with Crippen LogP contribution in [0.25, 0.3) is 10.9 Å². The molecule has 0 aliphatic rings. The number of para-hydroxylation sites is 1. The summed E-state index contributed by atoms with van der Waals surface area (Å²) in [6.07, 6.45) is 3.53. The Hall–Kier alpha value is -3.20. The van der Waals surface area contributed by atoms with Gasteiger partial charge in [0.05, 0.1) is 6.21 Å². The van der Waals surface area contributed by atoms with Crippen molar-refractivity contribution in [3.8, 4) is 0 Å². The first kappa shape index (κ1) is 17.6. The number of nitro groups is 1. The molecule has 0 aliphatic heterocycles. The Labute approximate surface area is 157 Å². The Morgan fingerprint density at radius 2 is 2.00 bits per heavy atom. The van der Waals surface area contributed by atoms with Crippen LogP contribution in [0.4, 0.5) is 0 Å². The molecular weight excluding hydrogens is 400 g/mol. The first-order chi connectivity index (χ1) is 12.5. The monoisotopic (exact) mass is 414 g/mol. The maximum absolute atomic E-state index is 10.3. The summed E-state index contributed by atoms with van der Waals surface area (Å²) in [4.78, 5) is 10.3. The molecule has 1 aromatic heterocycles. The molecule has 0 fully saturated rings. The average molecular weight is 415 g/mol. The number of nitrogens with one attached hydrogen (secondary N) is 1. The van der Waals surface area contributed by atoms with Gasteiger partial charge in [-0.1, -0.05) is 46.3 Å². The van der Waals surface area contributed by atoms with Gasteiger partial charge in [0.25, 0.3) is 5.96 Å². The van der Waals surface area contributed by atoms with Crippen LogP contribution in [0.15, 0.2) is 69.4 Å². The normalized spacial score (nSPS) is 12.0. The Kier molecular flexibility index (Phi) is 5.28. The highest BCUT2D eigenvalue weighted by atomic mass is 79.9. The number of guanidine groups is 1. The van der Waals surface area contributed by atoms with Gasteiger partial charge in [-0.25, -0.2) is 15.5 Å². The average Bonchev–Trinajstić information content (AvgIpc) is 2.94. The topological polar surface area (TPSA) is 111 Å². The predicted octanol–water partition coefficient (Wildman–Crippen LogP) is 2.88. The third kappa shape index (κ3) is 4.25. The fourth-order valence-electron chi connectivity index (χ4n) is 2.57. The van der Waals surface area contributed by atoms with E-state index in [1.807, 2.05) is 42.6 Å². The molecule has 0 saturated heterocycles. The number of nitrogens with zero attached hydrogens (tertiary/aromatic N) is 4. The largest absolute Gasteiger partial charge is 0.363 e. The maximum Gasteiger partial charge on any atom is 0.286 e. The molecule has 0 spiro atoms. The number of hydrogen-bond donors (Lipinski definition) is 2. The lowest BCUT2D eigenvalue weighted by molar-refractivity contribution is -0.485. The smallest absolute Gasteiger partial charge is 0.286 e. The van der Waals surface area contributed by atoms with E-state index in [4.69, 9.17) is 5.73 Å². The molecule has 0 bridgehead atoms. The summed E-state index contributed by atoms with van der Waals surface area (Å²) in [7, 11) is 0. The minimum absolute atomic E-state index is 0.384. The highest BCUT2D eigenvalue weighted by Crippen LogP contribution is 2.21. The molecule has 3 rings (SSSR count). The van der Waals surface area contributed by atoms with Crippen LogP contribution in [0.2, 0.25) is 0 Å². The van der Waals surface area contributed by atoms with Crippen molar-refractivity contribution in [2.24, 2.45) is 15.9 Å². The maximum atomic E-state index is 10.3. The molecule has 3 N–H and O–H groups in total. The van der Waals surface area contributed by atoms with Crippen molar-refractivity contribution in [2.75, 3.05) is 0 Å². The van der Waals surface area contributed by atoms with Gasteiger partial charge < -0.3 is 10.3 Å². The SMILES string of the molecule is NC(=N[N+](=O)[O-])N/N=C/c1cn(Cc2ccc(Br)cc2)c2ccccc12. The molecule has 0 amide bonds. The number of nitrogens with two attached hydrogens (primary N) is 1. The van der Waals surface area contributed by atoms with Gasteiger partial charge >= 0.3 is 0 Å². The number of hydrogen-bond acceptors (Lipinski definition) is 3. The molecule has 3 aromatic rings. The van der Waals surface area contributed by atoms with Gasteiger partial charge in [0.15, 0.2) is 5.03 Å². The van der Waals surface area contributed by atoms with E-state index in [0.29, 0.717) is 6.54 Å². The number of halogens is 1. The van der Waals surface area contributed by atoms with Crippen LogP contribution in [0.1, 0.15) is 11.1 Å². The van der Waals surface area contributed by atoms with Gasteiger partial charge in [-0.3, -0.25) is 0 Å². The van der Waals surface area contributed by atoms with Crippen LogP contribution in [0.3, 0.4) is 0 Å². The summed E-state index contributed by atoms with van der Waals surface area (Å²) < 4.78 is 3.15. The summed E-state index contributed by atoms with van der Waals surface area (Å²) in [5.74, 6) is -0.384. The molecule has 0 saturated carbocycles. The van der Waals surface area contributed by atoms with E-state index in [1.165, 1.54) is 0 Å². The van der Waals surface area contributed by atoms with Gasteiger partial charge in [0.1, 0.15) is 5.10 Å². The lowest BCUT2D eigenvalue weighted by Crippen LogP contribution is -2.28. The molecule has 26 heavy (non-hydrogen) atoms. The van der Waals surface area contributed by atoms with Crippen LogP contribution in [0, 0.1) is 10.1 Å². The van der Waals surface area contributed by atoms with E-state index in [0.717, 1.165) is 26.5 Å². The molecule has 9 heteroatoms. The highest BCUT2D eigenvalue weighted by molar-refractivity contribution is 9.10. The first-order valence-corrected chi connectivity index (χ1v) is 8.42. The van der Waals surface area contributed by atoms with Gasteiger partial charge in [-0.05, 0) is 23.8 Å². The Morgan fingerprint density at radius 3 is 2.73 bits per heavy atom. The number of rotatable bonds is 5. The Balaban J connectivity index is 1.87. The van der Waals surface area contributed by atoms with Crippen molar-refractivity contribution in [1.29, 1.82) is 0 Å². The summed E-state index contributed by atoms with van der Waals surface area (Å²) in [5, 5.41) is 17.2. The molecule has 1 heterocycles. The summed E-state index contributed by atoms with van der Waals surface area (Å²) in [6, 6.07) is 16.1. The first-order valence-electron chi connectivity index (χ1n) is 7.63. The molecular formula is C17H15BrN6O2. The molecule has 8 nitrogen and oxygen atoms in total. The zero-order chi connectivity index (χ0) is 18.5. The Bertz CT molecular complexity index is 994. The molecule has 132 valence electrons. The van der Waals surface area contributed by atoms with Crippen molar-refractivity contribution in [2.45, 2.75) is 6.54 Å². The predicted molar refractivity (Wildman–Crippen MR) is 105 cm³/mol. The van der Waals surface area contributed by atoms with E-state index < -0.39 is 5.03 Å². The zero-order valence-electron chi connectivity index (χ0n) is 13.5. The number of hydrazone groups is 2. The standard InChI is InChI=1S/C17H15BrN6O2/c18-14-7-5-12(6-8-14)10-23-11-13(15-3-1-2-4-16(15)23)9-20-21-17(19)22-24(25)26/h1-9,11H,10H2,(H3,19,21,22)/b20-9+. The second kappa shape index (κ2) is 7.79. The summed E-state index contributed by atoms with van der Waals surface area (Å²) in [6.45, 7) is 0.708. The van der Waals surface area contributed by atoms with Crippen LogP contribution in [-0.4, -0.2) is 21.8 Å². The van der Waals surface area contributed by atoms with Gasteiger partial charge in [-0.15, -0.1) is 0 Å². The fourth-order valence-corrected chi connectivity index (χ4v) is 2.84. The van der Waals surface area contributed by atoms with Crippen molar-refractivity contribution >= 4 is 39.0 Å². The number of fused-ring (bicyclic) bond motifs is 1. The Morgan fingerprint density at radius 1 is 1.27 bits per heavy atom. The van der Waals surface area contributed by atoms with E-state index in [-0.39, 0.29) is 5.96 Å². The molecule has 0 aliphatic carbocycles. The van der Waals surface area contributed by atoms with Crippen LogP contribution in [-0.2, 0) is 6.54 Å². The van der Waals surface area contributed by atoms with Gasteiger partial charge in [-0.2, -0.15) is 5.10 Å². The summed E-state index contributed by atoms with van der Waals surface area (Å²) >= 11 is 3.44. The van der Waals surface area contributed by atoms with Crippen molar-refractivity contribution in [1.82, 2.24) is 9.99 Å². The van der Waals surface area contributed by atoms with Gasteiger partial charge in [0, 0.05) is 33.7 Å². The van der Waals surface area contributed by atoms with E-state index in [2.05, 4.69) is 48.3 Å². The second-order valence-corrected chi connectivity index (χ2v) is 6.36. The van der Waals surface area contributed by atoms with E-state index in [9.17, 15) is 10.1 Å². The minimum Gasteiger partial charge on any atom is -0.363 e. The lowest BCUT2D eigenvalue weighted by Gasteiger charge is -2.05. The van der Waals surface area contributed by atoms with Gasteiger partial charge in [0.2, 0.25) is 0 Å². The van der Waals surface area contributed by atoms with Crippen molar-refractivity contribution < 1.29 is 5.03 Å². The quantitative estimate of drug-likeness (QED) is 0.289. The molecule has 2 aromatic carbocycles. The molecule has 0 unspecified atom stereocenters. The van der Waals surface area contributed by atoms with Crippen LogP contribution in [0.5, 0.6) is 0 Å². The third-order valence-corrected chi connectivity index (χ3v) is 4.19. The lowest BCUT2D eigenvalue weighted by atomic mass is 10.2. The van der Waals surface area contributed by atoms with E-state index >= 15 is 0 Å². The highest BCUT2D eigenvalue weighted by Gasteiger charge is 2.07. The van der Waals surface area contributed by atoms with E-state index in [1.54, 1.807) is 6.21 Å². The van der Waals surface area contributed by atoms with Crippen LogP contribution < -0.4 is 11.2 Å². The van der Waals surface area contributed by atoms with Crippen molar-refractivity contribution in [3.63, 3.8) is 0 Å². The number of benzene rings is 2. The van der Waals surface area contributed by atoms with Crippen LogP contribution >= 0.6 is 15.9 Å². The zero-order valence-corrected chi connectivity index (χ0v) is 15.1. The van der Waals surface area contributed by atoms with Crippen molar-refractivity contribution in [3.05, 3.63) is 80.4 Å². The third-order valence-electron chi connectivity index (χ3n) is 3.66. The summed E-state index contributed by atoms with van der Waals surface area (Å²) in [5.41, 5.74) is 10.8.